The van der Waals surface area contributed by atoms with Gasteiger partial charge in [0.1, 0.15) is 5.69 Å². The van der Waals surface area contributed by atoms with Crippen LogP contribution >= 0.6 is 0 Å². The molecule has 0 aromatic carbocycles. The molecule has 7 nitrogen and oxygen atoms in total. The third kappa shape index (κ3) is 4.03. The number of nitrogens with zero attached hydrogens (tertiary/aromatic N) is 2. The van der Waals surface area contributed by atoms with Crippen molar-refractivity contribution in [1.82, 2.24) is 9.88 Å². The van der Waals surface area contributed by atoms with E-state index in [0.29, 0.717) is 25.4 Å². The van der Waals surface area contributed by atoms with Crippen LogP contribution in [0.25, 0.3) is 0 Å². The molecule has 1 aliphatic rings. The van der Waals surface area contributed by atoms with E-state index < -0.39 is 5.97 Å². The number of carbonyl (C=O) groups excluding carboxylic acids is 1. The summed E-state index contributed by atoms with van der Waals surface area (Å²) in [5.41, 5.74) is 1.60. The molecular formula is C14H17N3O4. The van der Waals surface area contributed by atoms with Gasteiger partial charge in [-0.3, -0.25) is 0 Å². The number of pyridine rings is 1. The minimum atomic E-state index is -1.10. The van der Waals surface area contributed by atoms with Crippen LogP contribution in [-0.2, 0) is 4.74 Å². The van der Waals surface area contributed by atoms with Crippen molar-refractivity contribution in [3.05, 3.63) is 35.7 Å². The van der Waals surface area contributed by atoms with Crippen molar-refractivity contribution >= 4 is 17.7 Å². The van der Waals surface area contributed by atoms with Crippen LogP contribution in [0.4, 0.5) is 10.5 Å². The average molecular weight is 291 g/mol. The highest BCUT2D eigenvalue weighted by Gasteiger charge is 2.17. The molecule has 2 N–H and O–H groups in total. The van der Waals surface area contributed by atoms with Crippen molar-refractivity contribution in [1.29, 1.82) is 0 Å². The lowest BCUT2D eigenvalue weighted by atomic mass is 10.1. The number of ether oxygens (including phenoxy) is 1. The molecule has 0 bridgehead atoms. The highest BCUT2D eigenvalue weighted by molar-refractivity contribution is 5.90. The molecule has 2 rings (SSSR count). The van der Waals surface area contributed by atoms with Crippen LogP contribution in [0.2, 0.25) is 0 Å². The molecule has 1 aliphatic heterocycles. The summed E-state index contributed by atoms with van der Waals surface area (Å²) in [6.07, 6.45) is 4.10. The van der Waals surface area contributed by atoms with Gasteiger partial charge in [0.15, 0.2) is 0 Å². The first-order valence-corrected chi connectivity index (χ1v) is 6.52. The summed E-state index contributed by atoms with van der Waals surface area (Å²) >= 11 is 0. The number of methoxy groups -OCH3 is 1. The van der Waals surface area contributed by atoms with Gasteiger partial charge in [0.2, 0.25) is 0 Å². The number of amides is 2. The van der Waals surface area contributed by atoms with Gasteiger partial charge in [-0.1, -0.05) is 6.08 Å². The summed E-state index contributed by atoms with van der Waals surface area (Å²) in [6, 6.07) is 2.64. The molecule has 0 atom stereocenters. The van der Waals surface area contributed by atoms with Crippen LogP contribution in [0.1, 0.15) is 16.9 Å². The standard InChI is InChI=1S/C14H17N3O4/c1-21-9-10-4-6-17(7-5-10)14(20)16-11-2-3-12(13(18)19)15-8-11/h2-4,8H,5-7,9H2,1H3,(H,16,20)(H,18,19). The Morgan fingerprint density at radius 2 is 2.29 bits per heavy atom. The minimum Gasteiger partial charge on any atom is -0.477 e. The van der Waals surface area contributed by atoms with Crippen molar-refractivity contribution in [3.63, 3.8) is 0 Å². The number of carboxylic acids is 1. The summed E-state index contributed by atoms with van der Waals surface area (Å²) in [7, 11) is 1.65. The number of hydrogen-bond donors (Lipinski definition) is 2. The van der Waals surface area contributed by atoms with E-state index in [1.807, 2.05) is 6.08 Å². The Kier molecular flexibility index (Phi) is 4.89. The maximum absolute atomic E-state index is 12.1. The van der Waals surface area contributed by atoms with Gasteiger partial charge in [-0.25, -0.2) is 14.6 Å². The number of aromatic carboxylic acids is 1. The lowest BCUT2D eigenvalue weighted by molar-refractivity contribution is 0.0690. The third-order valence-corrected chi connectivity index (χ3v) is 3.15. The quantitative estimate of drug-likeness (QED) is 0.822. The number of rotatable bonds is 4. The second kappa shape index (κ2) is 6.85. The Morgan fingerprint density at radius 3 is 2.81 bits per heavy atom. The topological polar surface area (TPSA) is 91.8 Å². The second-order valence-electron chi connectivity index (χ2n) is 4.66. The molecular weight excluding hydrogens is 274 g/mol. The summed E-state index contributed by atoms with van der Waals surface area (Å²) in [5.74, 6) is -1.10. The first kappa shape index (κ1) is 15.0. The first-order chi connectivity index (χ1) is 10.1. The molecule has 2 heterocycles. The van der Waals surface area contributed by atoms with Crippen molar-refractivity contribution < 1.29 is 19.4 Å². The van der Waals surface area contributed by atoms with Gasteiger partial charge < -0.3 is 20.1 Å². The Labute approximate surface area is 122 Å². The Hall–Kier alpha value is -2.41. The fourth-order valence-electron chi connectivity index (χ4n) is 2.01. The van der Waals surface area contributed by atoms with E-state index in [1.54, 1.807) is 12.0 Å². The van der Waals surface area contributed by atoms with Gasteiger partial charge in [-0.05, 0) is 24.1 Å². The molecule has 1 aromatic heterocycles. The summed E-state index contributed by atoms with van der Waals surface area (Å²) in [4.78, 5) is 28.2. The third-order valence-electron chi connectivity index (χ3n) is 3.15. The number of nitrogens with one attached hydrogen (secondary N) is 1. The zero-order valence-electron chi connectivity index (χ0n) is 11.7. The normalized spacial score (nSPS) is 14.5. The highest BCUT2D eigenvalue weighted by atomic mass is 16.5. The van der Waals surface area contributed by atoms with Gasteiger partial charge in [-0.2, -0.15) is 0 Å². The number of hydrogen-bond acceptors (Lipinski definition) is 4. The molecule has 1 aromatic rings. The fraction of sp³-hybridized carbons (Fsp3) is 0.357. The first-order valence-electron chi connectivity index (χ1n) is 6.52. The average Bonchev–Trinajstić information content (AvgIpc) is 2.49. The smallest absolute Gasteiger partial charge is 0.354 e. The van der Waals surface area contributed by atoms with Crippen molar-refractivity contribution in [2.24, 2.45) is 0 Å². The van der Waals surface area contributed by atoms with Crippen LogP contribution in [0.15, 0.2) is 30.0 Å². The molecule has 0 spiro atoms. The van der Waals surface area contributed by atoms with Crippen LogP contribution in [0.5, 0.6) is 0 Å². The molecule has 0 unspecified atom stereocenters. The van der Waals surface area contributed by atoms with E-state index in [4.69, 9.17) is 9.84 Å². The fourth-order valence-corrected chi connectivity index (χ4v) is 2.01. The number of anilines is 1. The summed E-state index contributed by atoms with van der Waals surface area (Å²) in [6.45, 7) is 1.75. The van der Waals surface area contributed by atoms with E-state index in [-0.39, 0.29) is 11.7 Å². The number of urea groups is 1. The number of carboxylic acid groups (broad SMARTS) is 1. The van der Waals surface area contributed by atoms with E-state index >= 15 is 0 Å². The molecule has 0 aliphatic carbocycles. The maximum atomic E-state index is 12.1. The van der Waals surface area contributed by atoms with Gasteiger partial charge in [0.05, 0.1) is 18.5 Å². The largest absolute Gasteiger partial charge is 0.477 e. The van der Waals surface area contributed by atoms with Gasteiger partial charge in [0, 0.05) is 20.2 Å². The molecule has 7 heteroatoms. The number of aromatic nitrogens is 1. The monoisotopic (exact) mass is 291 g/mol. The van der Waals surface area contributed by atoms with E-state index in [0.717, 1.165) is 6.42 Å². The van der Waals surface area contributed by atoms with Crippen LogP contribution in [-0.4, -0.2) is 53.8 Å². The Bertz CT molecular complexity index is 554. The van der Waals surface area contributed by atoms with Crippen LogP contribution in [0, 0.1) is 0 Å². The predicted molar refractivity (Wildman–Crippen MR) is 76.4 cm³/mol. The van der Waals surface area contributed by atoms with Gasteiger partial charge in [-0.15, -0.1) is 0 Å². The predicted octanol–water partition coefficient (Wildman–Crippen LogP) is 1.59. The van der Waals surface area contributed by atoms with Gasteiger partial charge >= 0.3 is 12.0 Å². The summed E-state index contributed by atoms with van der Waals surface area (Å²) in [5, 5.41) is 11.5. The second-order valence-corrected chi connectivity index (χ2v) is 4.66. The molecule has 0 fully saturated rings. The lowest BCUT2D eigenvalue weighted by Gasteiger charge is -2.26. The molecule has 0 saturated heterocycles. The molecule has 0 saturated carbocycles. The van der Waals surface area contributed by atoms with Crippen LogP contribution < -0.4 is 5.32 Å². The lowest BCUT2D eigenvalue weighted by Crippen LogP contribution is -2.38. The molecule has 112 valence electrons. The van der Waals surface area contributed by atoms with E-state index in [9.17, 15) is 9.59 Å². The van der Waals surface area contributed by atoms with Crippen LogP contribution in [0.3, 0.4) is 0 Å². The van der Waals surface area contributed by atoms with E-state index in [2.05, 4.69) is 10.3 Å². The van der Waals surface area contributed by atoms with Crippen molar-refractivity contribution in [2.45, 2.75) is 6.42 Å². The zero-order chi connectivity index (χ0) is 15.2. The highest BCUT2D eigenvalue weighted by Crippen LogP contribution is 2.13. The summed E-state index contributed by atoms with van der Waals surface area (Å²) < 4.78 is 5.06. The zero-order valence-corrected chi connectivity index (χ0v) is 11.7. The van der Waals surface area contributed by atoms with Crippen molar-refractivity contribution in [3.8, 4) is 0 Å². The van der Waals surface area contributed by atoms with E-state index in [1.165, 1.54) is 23.9 Å². The SMILES string of the molecule is COCC1=CCN(C(=O)Nc2ccc(C(=O)O)nc2)CC1. The Morgan fingerprint density at radius 1 is 1.48 bits per heavy atom. The Balaban J connectivity index is 1.91. The molecule has 21 heavy (non-hydrogen) atoms. The molecule has 2 amide bonds. The minimum absolute atomic E-state index is 0.0573. The van der Waals surface area contributed by atoms with Crippen molar-refractivity contribution in [2.75, 3.05) is 32.1 Å². The maximum Gasteiger partial charge on any atom is 0.354 e. The van der Waals surface area contributed by atoms with Gasteiger partial charge in [0.25, 0.3) is 0 Å². The molecule has 0 radical (unpaired) electrons. The number of carbonyl (C=O) groups is 2.